The number of thiocarbonyl (C=S) groups is 1. The normalized spacial score (nSPS) is 29.7. The summed E-state index contributed by atoms with van der Waals surface area (Å²) in [6.07, 6.45) is 8.01. The molecule has 1 unspecified atom stereocenters. The van der Waals surface area contributed by atoms with Crippen molar-refractivity contribution >= 4 is 23.1 Å². The van der Waals surface area contributed by atoms with Gasteiger partial charge in [-0.15, -0.1) is 0 Å². The molecule has 2 N–H and O–H groups in total. The van der Waals surface area contributed by atoms with Gasteiger partial charge in [-0.3, -0.25) is 4.79 Å². The van der Waals surface area contributed by atoms with Gasteiger partial charge in [0.15, 0.2) is 0 Å². The number of rotatable bonds is 3. The highest BCUT2D eigenvalue weighted by Gasteiger charge is 2.46. The summed E-state index contributed by atoms with van der Waals surface area (Å²) >= 11 is 5.32. The maximum absolute atomic E-state index is 13.2. The van der Waals surface area contributed by atoms with Crippen LogP contribution in [0.5, 0.6) is 0 Å². The minimum atomic E-state index is -0.613. The van der Waals surface area contributed by atoms with Gasteiger partial charge in [0.25, 0.3) is 0 Å². The van der Waals surface area contributed by atoms with Crippen LogP contribution in [-0.4, -0.2) is 41.6 Å². The second-order valence-corrected chi connectivity index (χ2v) is 7.28. The van der Waals surface area contributed by atoms with Crippen LogP contribution in [0.1, 0.15) is 58.3 Å². The van der Waals surface area contributed by atoms with E-state index in [-0.39, 0.29) is 11.5 Å². The Morgan fingerprint density at radius 3 is 2.29 bits per heavy atom. The Morgan fingerprint density at radius 2 is 1.76 bits per heavy atom. The SMILES string of the molecule is COC1(C)CCCN(C(=O)C2(C(N)=S)CCCCCC2)C1. The van der Waals surface area contributed by atoms with E-state index < -0.39 is 5.41 Å². The van der Waals surface area contributed by atoms with E-state index in [4.69, 9.17) is 22.7 Å². The van der Waals surface area contributed by atoms with Crippen molar-refractivity contribution in [3.05, 3.63) is 0 Å². The van der Waals surface area contributed by atoms with E-state index >= 15 is 0 Å². The molecule has 0 radical (unpaired) electrons. The van der Waals surface area contributed by atoms with Crippen molar-refractivity contribution in [3.8, 4) is 0 Å². The van der Waals surface area contributed by atoms with Gasteiger partial charge in [0.05, 0.1) is 16.0 Å². The number of piperidine rings is 1. The van der Waals surface area contributed by atoms with E-state index in [9.17, 15) is 4.79 Å². The number of hydrogen-bond acceptors (Lipinski definition) is 3. The van der Waals surface area contributed by atoms with Crippen molar-refractivity contribution in [1.29, 1.82) is 0 Å². The van der Waals surface area contributed by atoms with Crippen LogP contribution in [0.25, 0.3) is 0 Å². The number of carbonyl (C=O) groups excluding carboxylic acids is 1. The highest BCUT2D eigenvalue weighted by molar-refractivity contribution is 7.80. The zero-order chi connectivity index (χ0) is 15.5. The van der Waals surface area contributed by atoms with Crippen LogP contribution in [0.4, 0.5) is 0 Å². The Labute approximate surface area is 133 Å². The molecule has 0 spiro atoms. The smallest absolute Gasteiger partial charge is 0.235 e. The first-order valence-electron chi connectivity index (χ1n) is 8.08. The number of ether oxygens (including phenoxy) is 1. The summed E-state index contributed by atoms with van der Waals surface area (Å²) in [5, 5.41) is 0. The van der Waals surface area contributed by atoms with E-state index in [2.05, 4.69) is 6.92 Å². The first-order chi connectivity index (χ1) is 9.93. The van der Waals surface area contributed by atoms with Crippen LogP contribution in [0.2, 0.25) is 0 Å². The Bertz CT molecular complexity index is 405. The Morgan fingerprint density at radius 1 is 1.14 bits per heavy atom. The van der Waals surface area contributed by atoms with Gasteiger partial charge < -0.3 is 15.4 Å². The van der Waals surface area contributed by atoms with Crippen molar-refractivity contribution in [2.24, 2.45) is 11.1 Å². The van der Waals surface area contributed by atoms with Gasteiger partial charge in [-0.1, -0.05) is 37.9 Å². The highest BCUT2D eigenvalue weighted by atomic mass is 32.1. The molecule has 21 heavy (non-hydrogen) atoms. The topological polar surface area (TPSA) is 55.6 Å². The number of amides is 1. The van der Waals surface area contributed by atoms with Crippen LogP contribution in [0, 0.1) is 5.41 Å². The van der Waals surface area contributed by atoms with Crippen LogP contribution in [0.15, 0.2) is 0 Å². The van der Waals surface area contributed by atoms with Crippen LogP contribution in [0.3, 0.4) is 0 Å². The van der Waals surface area contributed by atoms with Crippen molar-refractivity contribution in [2.45, 2.75) is 63.9 Å². The van der Waals surface area contributed by atoms with E-state index in [1.165, 1.54) is 12.8 Å². The second kappa shape index (κ2) is 6.61. The lowest BCUT2D eigenvalue weighted by atomic mass is 9.78. The Kier molecular flexibility index (Phi) is 5.25. The van der Waals surface area contributed by atoms with Gasteiger partial charge >= 0.3 is 0 Å². The van der Waals surface area contributed by atoms with Gasteiger partial charge in [-0.05, 0) is 32.6 Å². The first-order valence-corrected chi connectivity index (χ1v) is 8.49. The molecule has 5 heteroatoms. The maximum Gasteiger partial charge on any atom is 0.235 e. The lowest BCUT2D eigenvalue weighted by molar-refractivity contribution is -0.146. The van der Waals surface area contributed by atoms with E-state index in [0.717, 1.165) is 45.1 Å². The number of methoxy groups -OCH3 is 1. The number of nitrogens with zero attached hydrogens (tertiary/aromatic N) is 1. The molecule has 0 aromatic heterocycles. The fraction of sp³-hybridized carbons (Fsp3) is 0.875. The number of carbonyl (C=O) groups is 1. The van der Waals surface area contributed by atoms with Crippen molar-refractivity contribution in [2.75, 3.05) is 20.2 Å². The molecule has 1 amide bonds. The third-order valence-corrected chi connectivity index (χ3v) is 5.67. The summed E-state index contributed by atoms with van der Waals surface area (Å²) in [6, 6.07) is 0. The average molecular weight is 312 g/mol. The summed E-state index contributed by atoms with van der Waals surface area (Å²) < 4.78 is 5.61. The molecule has 1 saturated heterocycles. The summed E-state index contributed by atoms with van der Waals surface area (Å²) in [4.78, 5) is 15.5. The molecule has 1 aliphatic carbocycles. The molecule has 0 aromatic rings. The monoisotopic (exact) mass is 312 g/mol. The van der Waals surface area contributed by atoms with Gasteiger partial charge in [-0.25, -0.2) is 0 Å². The van der Waals surface area contributed by atoms with Crippen molar-refractivity contribution in [3.63, 3.8) is 0 Å². The quantitative estimate of drug-likeness (QED) is 0.643. The molecule has 4 nitrogen and oxygen atoms in total. The maximum atomic E-state index is 13.2. The van der Waals surface area contributed by atoms with Crippen molar-refractivity contribution < 1.29 is 9.53 Å². The molecular weight excluding hydrogens is 284 g/mol. The molecule has 1 aliphatic heterocycles. The van der Waals surface area contributed by atoms with Gasteiger partial charge in [0, 0.05) is 20.2 Å². The molecule has 2 fully saturated rings. The Hall–Kier alpha value is -0.680. The molecule has 120 valence electrons. The van der Waals surface area contributed by atoms with E-state index in [0.29, 0.717) is 11.5 Å². The van der Waals surface area contributed by atoms with E-state index in [1.54, 1.807) is 7.11 Å². The van der Waals surface area contributed by atoms with Gasteiger partial charge in [0.1, 0.15) is 0 Å². The average Bonchev–Trinajstić information content (AvgIpc) is 2.73. The summed E-state index contributed by atoms with van der Waals surface area (Å²) in [5.41, 5.74) is 5.18. The minimum Gasteiger partial charge on any atom is -0.392 e. The Balaban J connectivity index is 2.20. The van der Waals surface area contributed by atoms with Gasteiger partial charge in [0.2, 0.25) is 5.91 Å². The molecular formula is C16H28N2O2S. The molecule has 2 aliphatic rings. The fourth-order valence-electron chi connectivity index (χ4n) is 3.75. The number of likely N-dealkylation sites (tertiary alicyclic amines) is 1. The largest absolute Gasteiger partial charge is 0.392 e. The van der Waals surface area contributed by atoms with Crippen LogP contribution in [-0.2, 0) is 9.53 Å². The lowest BCUT2D eigenvalue weighted by Crippen LogP contribution is -2.56. The lowest BCUT2D eigenvalue weighted by Gasteiger charge is -2.43. The van der Waals surface area contributed by atoms with Crippen LogP contribution < -0.4 is 5.73 Å². The minimum absolute atomic E-state index is 0.139. The zero-order valence-electron chi connectivity index (χ0n) is 13.3. The summed E-state index contributed by atoms with van der Waals surface area (Å²) in [5.74, 6) is 0.139. The van der Waals surface area contributed by atoms with E-state index in [1.807, 2.05) is 4.90 Å². The molecule has 0 aromatic carbocycles. The highest BCUT2D eigenvalue weighted by Crippen LogP contribution is 2.38. The molecule has 1 saturated carbocycles. The molecule has 2 rings (SSSR count). The van der Waals surface area contributed by atoms with Crippen molar-refractivity contribution in [1.82, 2.24) is 4.90 Å². The molecule has 1 atom stereocenters. The predicted octanol–water partition coefficient (Wildman–Crippen LogP) is 2.64. The van der Waals surface area contributed by atoms with Crippen LogP contribution >= 0.6 is 12.2 Å². The standard InChI is InChI=1S/C16H28N2O2S/c1-15(20-2)8-7-11-18(12-15)14(19)16(13(17)21)9-5-3-4-6-10-16/h3-12H2,1-2H3,(H2,17,21). The fourth-order valence-corrected chi connectivity index (χ4v) is 4.04. The first kappa shape index (κ1) is 16.7. The predicted molar refractivity (Wildman–Crippen MR) is 88.1 cm³/mol. The number of hydrogen-bond donors (Lipinski definition) is 1. The number of nitrogens with two attached hydrogens (primary N) is 1. The molecule has 0 bridgehead atoms. The van der Waals surface area contributed by atoms with Gasteiger partial charge in [-0.2, -0.15) is 0 Å². The third kappa shape index (κ3) is 3.39. The molecule has 1 heterocycles. The zero-order valence-corrected chi connectivity index (χ0v) is 14.1. The summed E-state index contributed by atoms with van der Waals surface area (Å²) in [6.45, 7) is 3.52. The summed E-state index contributed by atoms with van der Waals surface area (Å²) in [7, 11) is 1.73. The second-order valence-electron chi connectivity index (χ2n) is 6.84. The third-order valence-electron chi connectivity index (χ3n) is 5.28.